The minimum atomic E-state index is 0.352. The second-order valence-electron chi connectivity index (χ2n) is 2.85. The van der Waals surface area contributed by atoms with Gasteiger partial charge in [0.1, 0.15) is 17.4 Å². The van der Waals surface area contributed by atoms with E-state index in [1.54, 1.807) is 18.9 Å². The molecule has 72 valence electrons. The zero-order valence-electron chi connectivity index (χ0n) is 7.74. The topological polar surface area (TPSA) is 42.2 Å². The summed E-state index contributed by atoms with van der Waals surface area (Å²) in [5, 5.41) is 8.64. The van der Waals surface area contributed by atoms with E-state index >= 15 is 0 Å². The number of nitriles is 1. The van der Waals surface area contributed by atoms with E-state index in [2.05, 4.69) is 6.07 Å². The standard InChI is InChI=1S/C10H9NO2S/c1-12-8-5-10-9(13-6-14-10)4-7(8)2-3-11/h4-5H,2,6H2,1H3. The summed E-state index contributed by atoms with van der Waals surface area (Å²) < 4.78 is 10.6. The highest BCUT2D eigenvalue weighted by Crippen LogP contribution is 2.40. The van der Waals surface area contributed by atoms with Crippen molar-refractivity contribution in [3.8, 4) is 17.6 Å². The molecule has 0 saturated heterocycles. The molecule has 1 aromatic rings. The summed E-state index contributed by atoms with van der Waals surface area (Å²) >= 11 is 1.64. The van der Waals surface area contributed by atoms with Gasteiger partial charge in [-0.1, -0.05) is 11.8 Å². The Balaban J connectivity index is 2.44. The summed E-state index contributed by atoms with van der Waals surface area (Å²) in [4.78, 5) is 1.09. The van der Waals surface area contributed by atoms with Crippen molar-refractivity contribution in [2.24, 2.45) is 0 Å². The molecule has 0 fully saturated rings. The smallest absolute Gasteiger partial charge is 0.138 e. The van der Waals surface area contributed by atoms with E-state index in [1.807, 2.05) is 12.1 Å². The van der Waals surface area contributed by atoms with Crippen molar-refractivity contribution in [1.29, 1.82) is 5.26 Å². The molecule has 1 aromatic carbocycles. The van der Waals surface area contributed by atoms with Crippen molar-refractivity contribution in [2.45, 2.75) is 11.3 Å². The minimum Gasteiger partial charge on any atom is -0.496 e. The van der Waals surface area contributed by atoms with Crippen LogP contribution in [0.25, 0.3) is 0 Å². The first-order valence-electron chi connectivity index (χ1n) is 4.18. The highest BCUT2D eigenvalue weighted by atomic mass is 32.2. The Hall–Kier alpha value is -1.34. The Morgan fingerprint density at radius 2 is 2.50 bits per heavy atom. The Kier molecular flexibility index (Phi) is 2.51. The SMILES string of the molecule is COc1cc2c(cc1CC#N)OCS2. The molecule has 0 spiro atoms. The number of benzene rings is 1. The van der Waals surface area contributed by atoms with Gasteiger partial charge in [0.2, 0.25) is 0 Å². The monoisotopic (exact) mass is 207 g/mol. The van der Waals surface area contributed by atoms with Crippen LogP contribution in [-0.2, 0) is 6.42 Å². The number of ether oxygens (including phenoxy) is 2. The van der Waals surface area contributed by atoms with Crippen LogP contribution in [0.1, 0.15) is 5.56 Å². The van der Waals surface area contributed by atoms with Crippen molar-refractivity contribution in [3.63, 3.8) is 0 Å². The van der Waals surface area contributed by atoms with Gasteiger partial charge in [-0.2, -0.15) is 5.26 Å². The van der Waals surface area contributed by atoms with Crippen LogP contribution >= 0.6 is 11.8 Å². The third-order valence-corrected chi connectivity index (χ3v) is 2.91. The third kappa shape index (κ3) is 1.51. The number of rotatable bonds is 2. The lowest BCUT2D eigenvalue weighted by Gasteiger charge is -2.07. The summed E-state index contributed by atoms with van der Waals surface area (Å²) in [6, 6.07) is 5.92. The van der Waals surface area contributed by atoms with Crippen molar-refractivity contribution in [1.82, 2.24) is 0 Å². The Morgan fingerprint density at radius 1 is 1.64 bits per heavy atom. The first-order valence-corrected chi connectivity index (χ1v) is 5.17. The molecule has 2 rings (SSSR count). The average Bonchev–Trinajstić information content (AvgIpc) is 2.64. The van der Waals surface area contributed by atoms with E-state index in [4.69, 9.17) is 14.7 Å². The van der Waals surface area contributed by atoms with Gasteiger partial charge in [0.25, 0.3) is 0 Å². The molecule has 1 aliphatic rings. The van der Waals surface area contributed by atoms with Crippen LogP contribution in [0, 0.1) is 11.3 Å². The average molecular weight is 207 g/mol. The largest absolute Gasteiger partial charge is 0.496 e. The Labute approximate surface area is 86.6 Å². The van der Waals surface area contributed by atoms with Crippen LogP contribution in [0.5, 0.6) is 11.5 Å². The highest BCUT2D eigenvalue weighted by Gasteiger charge is 2.16. The minimum absolute atomic E-state index is 0.352. The highest BCUT2D eigenvalue weighted by molar-refractivity contribution is 7.99. The maximum atomic E-state index is 8.64. The normalized spacial score (nSPS) is 12.9. The van der Waals surface area contributed by atoms with Gasteiger partial charge in [-0.05, 0) is 12.1 Å². The fraction of sp³-hybridized carbons (Fsp3) is 0.300. The van der Waals surface area contributed by atoms with Crippen molar-refractivity contribution >= 4 is 11.8 Å². The molecule has 0 aromatic heterocycles. The fourth-order valence-corrected chi connectivity index (χ4v) is 2.14. The summed E-state index contributed by atoms with van der Waals surface area (Å²) in [5.74, 6) is 2.28. The zero-order valence-corrected chi connectivity index (χ0v) is 8.56. The maximum Gasteiger partial charge on any atom is 0.138 e. The van der Waals surface area contributed by atoms with E-state index in [0.29, 0.717) is 12.4 Å². The molecule has 0 radical (unpaired) electrons. The van der Waals surface area contributed by atoms with Gasteiger partial charge in [-0.25, -0.2) is 0 Å². The van der Waals surface area contributed by atoms with Crippen LogP contribution in [0.4, 0.5) is 0 Å². The van der Waals surface area contributed by atoms with E-state index < -0.39 is 0 Å². The first kappa shape index (κ1) is 9.22. The Morgan fingerprint density at radius 3 is 3.21 bits per heavy atom. The van der Waals surface area contributed by atoms with E-state index in [9.17, 15) is 0 Å². The number of fused-ring (bicyclic) bond motifs is 1. The van der Waals surface area contributed by atoms with E-state index in [-0.39, 0.29) is 0 Å². The van der Waals surface area contributed by atoms with Gasteiger partial charge in [-0.15, -0.1) is 0 Å². The van der Waals surface area contributed by atoms with Gasteiger partial charge in [0.15, 0.2) is 0 Å². The molecule has 3 nitrogen and oxygen atoms in total. The lowest BCUT2D eigenvalue weighted by molar-refractivity contribution is 0.389. The predicted molar refractivity (Wildman–Crippen MR) is 53.7 cm³/mol. The summed E-state index contributed by atoms with van der Waals surface area (Å²) in [6.45, 7) is 0. The van der Waals surface area contributed by atoms with E-state index in [1.165, 1.54) is 0 Å². The van der Waals surface area contributed by atoms with Crippen LogP contribution in [-0.4, -0.2) is 13.0 Å². The van der Waals surface area contributed by atoms with Crippen molar-refractivity contribution < 1.29 is 9.47 Å². The van der Waals surface area contributed by atoms with Gasteiger partial charge >= 0.3 is 0 Å². The molecule has 0 bridgehead atoms. The number of hydrogen-bond acceptors (Lipinski definition) is 4. The zero-order chi connectivity index (χ0) is 9.97. The van der Waals surface area contributed by atoms with Crippen LogP contribution < -0.4 is 9.47 Å². The summed E-state index contributed by atoms with van der Waals surface area (Å²) in [6.07, 6.45) is 0.352. The number of hydrogen-bond donors (Lipinski definition) is 0. The molecule has 14 heavy (non-hydrogen) atoms. The van der Waals surface area contributed by atoms with E-state index in [0.717, 1.165) is 22.0 Å². The number of methoxy groups -OCH3 is 1. The van der Waals surface area contributed by atoms with Crippen molar-refractivity contribution in [3.05, 3.63) is 17.7 Å². The molecule has 1 aliphatic heterocycles. The summed E-state index contributed by atoms with van der Waals surface area (Å²) in [5.41, 5.74) is 0.885. The molecular weight excluding hydrogens is 198 g/mol. The first-order chi connectivity index (χ1) is 6.85. The molecule has 0 saturated carbocycles. The molecule has 4 heteroatoms. The lowest BCUT2D eigenvalue weighted by Crippen LogP contribution is -1.92. The van der Waals surface area contributed by atoms with Gasteiger partial charge in [0.05, 0.1) is 24.5 Å². The van der Waals surface area contributed by atoms with Crippen LogP contribution in [0.3, 0.4) is 0 Å². The number of thioether (sulfide) groups is 1. The molecule has 0 aliphatic carbocycles. The molecule has 0 N–H and O–H groups in total. The molecule has 0 atom stereocenters. The van der Waals surface area contributed by atoms with Crippen LogP contribution in [0.15, 0.2) is 17.0 Å². The third-order valence-electron chi connectivity index (χ3n) is 2.05. The van der Waals surface area contributed by atoms with Crippen LogP contribution in [0.2, 0.25) is 0 Å². The number of nitrogens with zero attached hydrogens (tertiary/aromatic N) is 1. The van der Waals surface area contributed by atoms with Crippen molar-refractivity contribution in [2.75, 3.05) is 13.0 Å². The molecule has 1 heterocycles. The van der Waals surface area contributed by atoms with Gasteiger partial charge < -0.3 is 9.47 Å². The Bertz CT molecular complexity index is 398. The fourth-order valence-electron chi connectivity index (χ4n) is 1.38. The predicted octanol–water partition coefficient (Wildman–Crippen LogP) is 2.20. The lowest BCUT2D eigenvalue weighted by atomic mass is 10.1. The summed E-state index contributed by atoms with van der Waals surface area (Å²) in [7, 11) is 1.61. The quantitative estimate of drug-likeness (QED) is 0.745. The molecular formula is C10H9NO2S. The molecule has 0 unspecified atom stereocenters. The second kappa shape index (κ2) is 3.81. The second-order valence-corrected chi connectivity index (χ2v) is 3.82. The molecule has 0 amide bonds. The van der Waals surface area contributed by atoms with Gasteiger partial charge in [0, 0.05) is 5.56 Å². The van der Waals surface area contributed by atoms with Gasteiger partial charge in [-0.3, -0.25) is 0 Å². The maximum absolute atomic E-state index is 8.64.